The molecule has 0 aliphatic carbocycles. The molecule has 0 aliphatic rings. The molecule has 7 heteroatoms. The number of amides is 1. The van der Waals surface area contributed by atoms with Crippen LogP contribution >= 0.6 is 0 Å². The molecule has 1 aromatic rings. The van der Waals surface area contributed by atoms with Gasteiger partial charge in [0.15, 0.2) is 0 Å². The van der Waals surface area contributed by atoms with E-state index in [4.69, 9.17) is 15.6 Å². The van der Waals surface area contributed by atoms with E-state index in [-0.39, 0.29) is 17.9 Å². The zero-order chi connectivity index (χ0) is 13.9. The first-order valence-corrected chi connectivity index (χ1v) is 5.03. The topological polar surface area (TPSA) is 72.6 Å². The highest BCUT2D eigenvalue weighted by atomic mass is 19.4. The van der Waals surface area contributed by atoms with Crippen molar-refractivity contribution in [3.8, 4) is 5.75 Å². The molecule has 4 nitrogen and oxygen atoms in total. The number of halogens is 3. The lowest BCUT2D eigenvalue weighted by Crippen LogP contribution is -2.18. The van der Waals surface area contributed by atoms with Gasteiger partial charge in [-0.1, -0.05) is 0 Å². The largest absolute Gasteiger partial charge is 0.490 e. The van der Waals surface area contributed by atoms with Crippen LogP contribution in [-0.4, -0.2) is 23.7 Å². The summed E-state index contributed by atoms with van der Waals surface area (Å²) in [5.41, 5.74) is 3.63. The van der Waals surface area contributed by atoms with Crippen molar-refractivity contribution in [2.45, 2.75) is 19.2 Å². The molecule has 18 heavy (non-hydrogen) atoms. The fraction of sp³-hybridized carbons (Fsp3) is 0.364. The second-order valence-corrected chi connectivity index (χ2v) is 3.73. The van der Waals surface area contributed by atoms with Gasteiger partial charge in [-0.15, -0.1) is 0 Å². The number of nitrogens with two attached hydrogens (primary N) is 1. The third-order valence-corrected chi connectivity index (χ3v) is 2.05. The zero-order valence-electron chi connectivity index (χ0n) is 9.49. The van der Waals surface area contributed by atoms with Gasteiger partial charge in [-0.25, -0.2) is 0 Å². The first kappa shape index (κ1) is 14.3. The number of rotatable bonds is 4. The Morgan fingerprint density at radius 2 is 2.11 bits per heavy atom. The van der Waals surface area contributed by atoms with Crippen molar-refractivity contribution in [1.29, 1.82) is 0 Å². The normalized spacial score (nSPS) is 13.2. The highest BCUT2D eigenvalue weighted by molar-refractivity contribution is 5.95. The van der Waals surface area contributed by atoms with E-state index in [1.807, 2.05) is 0 Å². The number of aliphatic hydroxyl groups is 1. The molecule has 3 N–H and O–H groups in total. The lowest BCUT2D eigenvalue weighted by molar-refractivity contribution is -0.137. The molecule has 1 atom stereocenters. The van der Waals surface area contributed by atoms with E-state index in [9.17, 15) is 18.0 Å². The fourth-order valence-electron chi connectivity index (χ4n) is 1.24. The van der Waals surface area contributed by atoms with Crippen LogP contribution in [0.5, 0.6) is 5.75 Å². The van der Waals surface area contributed by atoms with Gasteiger partial charge in [0.1, 0.15) is 12.4 Å². The smallest absolute Gasteiger partial charge is 0.416 e. The van der Waals surface area contributed by atoms with E-state index in [0.29, 0.717) is 6.07 Å². The summed E-state index contributed by atoms with van der Waals surface area (Å²) in [5.74, 6) is -1.11. The van der Waals surface area contributed by atoms with Crippen molar-refractivity contribution in [1.82, 2.24) is 0 Å². The van der Waals surface area contributed by atoms with Crippen molar-refractivity contribution < 1.29 is 27.8 Å². The van der Waals surface area contributed by atoms with Crippen LogP contribution in [0, 0.1) is 0 Å². The van der Waals surface area contributed by atoms with Crippen LogP contribution in [-0.2, 0) is 6.18 Å². The molecule has 0 radical (unpaired) electrons. The predicted octanol–water partition coefficient (Wildman–Crippen LogP) is 1.56. The van der Waals surface area contributed by atoms with Crippen LogP contribution in [0.3, 0.4) is 0 Å². The Balaban J connectivity index is 3.09. The number of primary amides is 1. The van der Waals surface area contributed by atoms with Gasteiger partial charge >= 0.3 is 6.18 Å². The van der Waals surface area contributed by atoms with Gasteiger partial charge in [-0.3, -0.25) is 4.79 Å². The van der Waals surface area contributed by atoms with Crippen LogP contribution < -0.4 is 10.5 Å². The fourth-order valence-corrected chi connectivity index (χ4v) is 1.24. The molecule has 1 rings (SSSR count). The zero-order valence-corrected chi connectivity index (χ0v) is 9.49. The maximum atomic E-state index is 12.4. The molecule has 100 valence electrons. The second-order valence-electron chi connectivity index (χ2n) is 3.73. The summed E-state index contributed by atoms with van der Waals surface area (Å²) in [4.78, 5) is 11.1. The maximum absolute atomic E-state index is 12.4. The number of hydrogen-bond donors (Lipinski definition) is 2. The molecule has 0 aliphatic heterocycles. The van der Waals surface area contributed by atoms with Crippen molar-refractivity contribution in [3.63, 3.8) is 0 Å². The van der Waals surface area contributed by atoms with Gasteiger partial charge in [-0.05, 0) is 25.1 Å². The second kappa shape index (κ2) is 5.26. The minimum absolute atomic E-state index is 0.0867. The molecule has 0 bridgehead atoms. The molecular formula is C11H12F3NO3. The summed E-state index contributed by atoms with van der Waals surface area (Å²) in [6, 6.07) is 2.41. The lowest BCUT2D eigenvalue weighted by atomic mass is 10.1. The molecule has 0 saturated heterocycles. The third kappa shape index (κ3) is 3.63. The van der Waals surface area contributed by atoms with E-state index >= 15 is 0 Å². The minimum Gasteiger partial charge on any atom is -0.490 e. The molecule has 0 unspecified atom stereocenters. The number of ether oxygens (including phenoxy) is 1. The standard InChI is InChI=1S/C11H12F3NO3/c1-6(16)5-18-9-3-2-7(11(12,13)14)4-8(9)10(15)17/h2-4,6,16H,5H2,1H3,(H2,15,17)/t6-/m0/s1. The predicted molar refractivity (Wildman–Crippen MR) is 57.1 cm³/mol. The van der Waals surface area contributed by atoms with Crippen LogP contribution in [0.15, 0.2) is 18.2 Å². The van der Waals surface area contributed by atoms with Crippen molar-refractivity contribution in [2.75, 3.05) is 6.61 Å². The number of benzene rings is 1. The van der Waals surface area contributed by atoms with E-state index in [0.717, 1.165) is 12.1 Å². The Kier molecular flexibility index (Phi) is 4.18. The Morgan fingerprint density at radius 1 is 1.50 bits per heavy atom. The molecule has 0 saturated carbocycles. The van der Waals surface area contributed by atoms with Gasteiger partial charge in [0.25, 0.3) is 5.91 Å². The van der Waals surface area contributed by atoms with Crippen LogP contribution in [0.1, 0.15) is 22.8 Å². The molecule has 0 heterocycles. The quantitative estimate of drug-likeness (QED) is 0.865. The first-order valence-electron chi connectivity index (χ1n) is 5.03. The molecule has 1 amide bonds. The van der Waals surface area contributed by atoms with E-state index < -0.39 is 23.8 Å². The average Bonchev–Trinajstić information content (AvgIpc) is 2.24. The summed E-state index contributed by atoms with van der Waals surface area (Å²) >= 11 is 0. The highest BCUT2D eigenvalue weighted by Gasteiger charge is 2.31. The average molecular weight is 263 g/mol. The SMILES string of the molecule is C[C@H](O)COc1ccc(C(F)(F)F)cc1C(N)=O. The number of aliphatic hydroxyl groups excluding tert-OH is 1. The molecule has 0 spiro atoms. The summed E-state index contributed by atoms with van der Waals surface area (Å²) in [6.45, 7) is 1.29. The molecule has 1 aromatic carbocycles. The van der Waals surface area contributed by atoms with Gasteiger partial charge in [0.2, 0.25) is 0 Å². The van der Waals surface area contributed by atoms with Crippen molar-refractivity contribution in [3.05, 3.63) is 29.3 Å². The van der Waals surface area contributed by atoms with Crippen LogP contribution in [0.25, 0.3) is 0 Å². The monoisotopic (exact) mass is 263 g/mol. The van der Waals surface area contributed by atoms with Crippen LogP contribution in [0.2, 0.25) is 0 Å². The van der Waals surface area contributed by atoms with Crippen molar-refractivity contribution >= 4 is 5.91 Å². The lowest BCUT2D eigenvalue weighted by Gasteiger charge is -2.13. The number of carbonyl (C=O) groups excluding carboxylic acids is 1. The number of carbonyl (C=O) groups is 1. The van der Waals surface area contributed by atoms with Gasteiger partial charge in [0, 0.05) is 0 Å². The Bertz CT molecular complexity index is 444. The third-order valence-electron chi connectivity index (χ3n) is 2.05. The molecular weight excluding hydrogens is 251 g/mol. The van der Waals surface area contributed by atoms with Gasteiger partial charge in [-0.2, -0.15) is 13.2 Å². The summed E-state index contributed by atoms with van der Waals surface area (Å²) in [5, 5.41) is 9.01. The Labute approximate surface area is 101 Å². The summed E-state index contributed by atoms with van der Waals surface area (Å²) in [6.07, 6.45) is -5.37. The van der Waals surface area contributed by atoms with E-state index in [2.05, 4.69) is 0 Å². The van der Waals surface area contributed by atoms with Gasteiger partial charge < -0.3 is 15.6 Å². The summed E-state index contributed by atoms with van der Waals surface area (Å²) in [7, 11) is 0. The van der Waals surface area contributed by atoms with Crippen LogP contribution in [0.4, 0.5) is 13.2 Å². The highest BCUT2D eigenvalue weighted by Crippen LogP contribution is 2.32. The Hall–Kier alpha value is -1.76. The summed E-state index contributed by atoms with van der Waals surface area (Å²) < 4.78 is 42.3. The minimum atomic E-state index is -4.56. The molecule has 0 fully saturated rings. The van der Waals surface area contributed by atoms with E-state index in [1.54, 1.807) is 0 Å². The van der Waals surface area contributed by atoms with E-state index in [1.165, 1.54) is 6.92 Å². The van der Waals surface area contributed by atoms with Crippen molar-refractivity contribution in [2.24, 2.45) is 5.73 Å². The Morgan fingerprint density at radius 3 is 2.56 bits per heavy atom. The van der Waals surface area contributed by atoms with Gasteiger partial charge in [0.05, 0.1) is 17.2 Å². The number of hydrogen-bond acceptors (Lipinski definition) is 3. The number of alkyl halides is 3. The maximum Gasteiger partial charge on any atom is 0.416 e. The molecule has 0 aromatic heterocycles. The first-order chi connectivity index (χ1) is 8.21.